The summed E-state index contributed by atoms with van der Waals surface area (Å²) < 4.78 is 0. The second kappa shape index (κ2) is 6.26. The Balaban J connectivity index is 2.88. The third-order valence-electron chi connectivity index (χ3n) is 2.97. The number of aliphatic hydroxyl groups excluding tert-OH is 1. The molecule has 0 spiro atoms. The molecule has 106 valence electrons. The Bertz CT molecular complexity index is 454. The summed E-state index contributed by atoms with van der Waals surface area (Å²) in [6.07, 6.45) is 0.462. The van der Waals surface area contributed by atoms with Crippen molar-refractivity contribution in [3.05, 3.63) is 28.8 Å². The van der Waals surface area contributed by atoms with Crippen molar-refractivity contribution in [2.45, 2.75) is 33.2 Å². The summed E-state index contributed by atoms with van der Waals surface area (Å²) in [4.78, 5) is 12.1. The van der Waals surface area contributed by atoms with E-state index in [0.29, 0.717) is 11.4 Å². The number of phenolic OH excluding ortho intramolecular Hbond substituents is 1. The summed E-state index contributed by atoms with van der Waals surface area (Å²) in [7, 11) is 0. The number of halogens is 1. The van der Waals surface area contributed by atoms with E-state index in [0.717, 1.165) is 0 Å². The van der Waals surface area contributed by atoms with Crippen LogP contribution in [0.15, 0.2) is 18.2 Å². The lowest BCUT2D eigenvalue weighted by Gasteiger charge is -2.31. The zero-order chi connectivity index (χ0) is 14.6. The molecule has 3 N–H and O–H groups in total. The number of rotatable bonds is 4. The predicted molar refractivity (Wildman–Crippen MR) is 75.5 cm³/mol. The standard InChI is InChI=1S/C14H20ClNO3/c1-14(2,3)12(6-7-17)16-13(19)10-5-4-9(15)8-11(10)18/h4-5,8,12,17-18H,6-7H2,1-3H3,(H,16,19). The van der Waals surface area contributed by atoms with Gasteiger partial charge in [-0.3, -0.25) is 4.79 Å². The van der Waals surface area contributed by atoms with Crippen LogP contribution < -0.4 is 5.32 Å². The fraction of sp³-hybridized carbons (Fsp3) is 0.500. The average molecular weight is 286 g/mol. The number of phenols is 1. The van der Waals surface area contributed by atoms with Crippen molar-refractivity contribution in [1.82, 2.24) is 5.32 Å². The molecule has 1 atom stereocenters. The van der Waals surface area contributed by atoms with Crippen LogP contribution in [0.3, 0.4) is 0 Å². The molecule has 5 heteroatoms. The normalized spacial score (nSPS) is 13.1. The highest BCUT2D eigenvalue weighted by Gasteiger charge is 2.26. The van der Waals surface area contributed by atoms with Crippen LogP contribution in [-0.4, -0.2) is 28.8 Å². The van der Waals surface area contributed by atoms with E-state index in [-0.39, 0.29) is 35.3 Å². The number of aliphatic hydroxyl groups is 1. The Kier molecular flexibility index (Phi) is 5.20. The Labute approximate surface area is 118 Å². The predicted octanol–water partition coefficient (Wildman–Crippen LogP) is 2.57. The van der Waals surface area contributed by atoms with Crippen molar-refractivity contribution < 1.29 is 15.0 Å². The highest BCUT2D eigenvalue weighted by atomic mass is 35.5. The quantitative estimate of drug-likeness (QED) is 0.796. The van der Waals surface area contributed by atoms with Crippen molar-refractivity contribution in [2.75, 3.05) is 6.61 Å². The molecule has 0 saturated carbocycles. The van der Waals surface area contributed by atoms with Gasteiger partial charge in [0.2, 0.25) is 0 Å². The van der Waals surface area contributed by atoms with E-state index in [4.69, 9.17) is 16.7 Å². The van der Waals surface area contributed by atoms with Gasteiger partial charge in [0.05, 0.1) is 5.56 Å². The van der Waals surface area contributed by atoms with E-state index in [2.05, 4.69) is 5.32 Å². The van der Waals surface area contributed by atoms with Gasteiger partial charge in [-0.25, -0.2) is 0 Å². The number of hydrogen-bond donors (Lipinski definition) is 3. The van der Waals surface area contributed by atoms with Gasteiger partial charge < -0.3 is 15.5 Å². The first-order valence-corrected chi connectivity index (χ1v) is 6.53. The molecule has 0 heterocycles. The van der Waals surface area contributed by atoms with Crippen molar-refractivity contribution >= 4 is 17.5 Å². The van der Waals surface area contributed by atoms with E-state index in [1.165, 1.54) is 12.1 Å². The van der Waals surface area contributed by atoms with Gasteiger partial charge >= 0.3 is 0 Å². The number of nitrogens with one attached hydrogen (secondary N) is 1. The number of carbonyl (C=O) groups is 1. The average Bonchev–Trinajstić information content (AvgIpc) is 2.26. The molecule has 1 rings (SSSR count). The zero-order valence-corrected chi connectivity index (χ0v) is 12.2. The zero-order valence-electron chi connectivity index (χ0n) is 11.4. The van der Waals surface area contributed by atoms with Crippen LogP contribution in [0.25, 0.3) is 0 Å². The monoisotopic (exact) mass is 285 g/mol. The van der Waals surface area contributed by atoms with Crippen LogP contribution in [0.2, 0.25) is 5.02 Å². The van der Waals surface area contributed by atoms with E-state index in [1.54, 1.807) is 6.07 Å². The van der Waals surface area contributed by atoms with Gasteiger partial charge in [0, 0.05) is 17.7 Å². The topological polar surface area (TPSA) is 69.6 Å². The number of hydrogen-bond acceptors (Lipinski definition) is 3. The van der Waals surface area contributed by atoms with E-state index in [1.807, 2.05) is 20.8 Å². The molecule has 19 heavy (non-hydrogen) atoms. The van der Waals surface area contributed by atoms with Gasteiger partial charge in [-0.1, -0.05) is 32.4 Å². The first-order chi connectivity index (χ1) is 8.75. The molecular formula is C14H20ClNO3. The first kappa shape index (κ1) is 15.8. The smallest absolute Gasteiger partial charge is 0.255 e. The minimum absolute atomic E-state index is 0.00514. The lowest BCUT2D eigenvalue weighted by Crippen LogP contribution is -2.44. The molecule has 1 unspecified atom stereocenters. The third-order valence-corrected chi connectivity index (χ3v) is 3.21. The summed E-state index contributed by atoms with van der Waals surface area (Å²) in [6.45, 7) is 5.94. The van der Waals surface area contributed by atoms with Crippen molar-refractivity contribution in [2.24, 2.45) is 5.41 Å². The van der Waals surface area contributed by atoms with Crippen LogP contribution in [0.1, 0.15) is 37.6 Å². The fourth-order valence-corrected chi connectivity index (χ4v) is 1.95. The van der Waals surface area contributed by atoms with Gasteiger partial charge in [0.15, 0.2) is 0 Å². The molecule has 1 aromatic rings. The largest absolute Gasteiger partial charge is 0.507 e. The van der Waals surface area contributed by atoms with Crippen molar-refractivity contribution in [1.29, 1.82) is 0 Å². The molecule has 1 aromatic carbocycles. The molecule has 0 aromatic heterocycles. The number of amides is 1. The van der Waals surface area contributed by atoms with E-state index < -0.39 is 0 Å². The second-order valence-corrected chi connectivity index (χ2v) is 6.00. The highest BCUT2D eigenvalue weighted by molar-refractivity contribution is 6.30. The Morgan fingerprint density at radius 3 is 2.53 bits per heavy atom. The highest BCUT2D eigenvalue weighted by Crippen LogP contribution is 2.25. The van der Waals surface area contributed by atoms with Crippen LogP contribution in [0, 0.1) is 5.41 Å². The molecule has 0 saturated heterocycles. The second-order valence-electron chi connectivity index (χ2n) is 5.57. The summed E-state index contributed by atoms with van der Waals surface area (Å²) in [5, 5.41) is 22.0. The molecule has 0 aliphatic heterocycles. The molecule has 0 aliphatic carbocycles. The molecular weight excluding hydrogens is 266 g/mol. The summed E-state index contributed by atoms with van der Waals surface area (Å²) >= 11 is 5.72. The third kappa shape index (κ3) is 4.40. The first-order valence-electron chi connectivity index (χ1n) is 6.16. The van der Waals surface area contributed by atoms with E-state index >= 15 is 0 Å². The minimum Gasteiger partial charge on any atom is -0.507 e. The number of aromatic hydroxyl groups is 1. The lowest BCUT2D eigenvalue weighted by atomic mass is 9.84. The van der Waals surface area contributed by atoms with Crippen LogP contribution in [-0.2, 0) is 0 Å². The van der Waals surface area contributed by atoms with Crippen LogP contribution in [0.4, 0.5) is 0 Å². The molecule has 1 amide bonds. The van der Waals surface area contributed by atoms with Crippen LogP contribution in [0.5, 0.6) is 5.75 Å². The molecule has 0 bridgehead atoms. The number of carbonyl (C=O) groups excluding carboxylic acids is 1. The molecule has 4 nitrogen and oxygen atoms in total. The summed E-state index contributed by atoms with van der Waals surface area (Å²) in [5.74, 6) is -0.524. The number of benzene rings is 1. The molecule has 0 aliphatic rings. The molecule has 0 radical (unpaired) electrons. The van der Waals surface area contributed by atoms with Crippen LogP contribution >= 0.6 is 11.6 Å². The maximum Gasteiger partial charge on any atom is 0.255 e. The minimum atomic E-state index is -0.373. The van der Waals surface area contributed by atoms with Crippen molar-refractivity contribution in [3.8, 4) is 5.75 Å². The SMILES string of the molecule is CC(C)(C)C(CCO)NC(=O)c1ccc(Cl)cc1O. The summed E-state index contributed by atoms with van der Waals surface area (Å²) in [6, 6.07) is 4.18. The maximum atomic E-state index is 12.1. The van der Waals surface area contributed by atoms with Gasteiger partial charge in [-0.2, -0.15) is 0 Å². The van der Waals surface area contributed by atoms with Gasteiger partial charge in [0.1, 0.15) is 5.75 Å². The van der Waals surface area contributed by atoms with Gasteiger partial charge in [-0.15, -0.1) is 0 Å². The maximum absolute atomic E-state index is 12.1. The molecule has 0 fully saturated rings. The van der Waals surface area contributed by atoms with E-state index in [9.17, 15) is 9.90 Å². The Hall–Kier alpha value is -1.26. The Morgan fingerprint density at radius 1 is 1.42 bits per heavy atom. The summed E-state index contributed by atoms with van der Waals surface area (Å²) in [5.41, 5.74) is -0.00273. The van der Waals surface area contributed by atoms with Crippen molar-refractivity contribution in [3.63, 3.8) is 0 Å². The lowest BCUT2D eigenvalue weighted by molar-refractivity contribution is 0.0882. The van der Waals surface area contributed by atoms with Gasteiger partial charge in [0.25, 0.3) is 5.91 Å². The Morgan fingerprint density at radius 2 is 2.05 bits per heavy atom. The fourth-order valence-electron chi connectivity index (χ4n) is 1.78. The van der Waals surface area contributed by atoms with Gasteiger partial charge in [-0.05, 0) is 30.0 Å².